The third-order valence-corrected chi connectivity index (χ3v) is 5.26. The minimum absolute atomic E-state index is 0.00108. The first-order valence-corrected chi connectivity index (χ1v) is 10.1. The molecule has 4 rings (SSSR count). The average molecular weight is 404 g/mol. The summed E-state index contributed by atoms with van der Waals surface area (Å²) >= 11 is 6.04. The summed E-state index contributed by atoms with van der Waals surface area (Å²) in [5, 5.41) is 3.74. The fourth-order valence-electron chi connectivity index (χ4n) is 3.52. The Hall–Kier alpha value is -3.11. The normalized spacial score (nSPS) is 11.0. The van der Waals surface area contributed by atoms with Crippen molar-refractivity contribution in [3.8, 4) is 11.3 Å². The number of nitrogens with zero attached hydrogens (tertiary/aromatic N) is 2. The summed E-state index contributed by atoms with van der Waals surface area (Å²) in [6.45, 7) is 2.09. The van der Waals surface area contributed by atoms with Gasteiger partial charge in [0, 0.05) is 28.9 Å². The second-order valence-electron chi connectivity index (χ2n) is 6.90. The number of rotatable bonds is 6. The third kappa shape index (κ3) is 4.17. The van der Waals surface area contributed by atoms with Crippen molar-refractivity contribution in [3.05, 3.63) is 89.2 Å². The lowest BCUT2D eigenvalue weighted by Crippen LogP contribution is -2.14. The number of aryl methyl sites for hydroxylation is 2. The third-order valence-electron chi connectivity index (χ3n) is 5.01. The molecule has 1 N–H and O–H groups in total. The highest BCUT2D eigenvalue weighted by molar-refractivity contribution is 6.30. The molecular formula is C24H22ClN3O. The first-order chi connectivity index (χ1) is 14.2. The van der Waals surface area contributed by atoms with Crippen molar-refractivity contribution in [2.24, 2.45) is 0 Å². The zero-order chi connectivity index (χ0) is 20.2. The van der Waals surface area contributed by atoms with Crippen molar-refractivity contribution >= 4 is 28.8 Å². The number of hydrogen-bond donors (Lipinski definition) is 1. The highest BCUT2D eigenvalue weighted by Gasteiger charge is 2.15. The van der Waals surface area contributed by atoms with Crippen molar-refractivity contribution < 1.29 is 4.79 Å². The quantitative estimate of drug-likeness (QED) is 0.443. The lowest BCUT2D eigenvalue weighted by molar-refractivity contribution is -0.116. The molecule has 0 saturated heterocycles. The zero-order valence-corrected chi connectivity index (χ0v) is 17.0. The maximum Gasteiger partial charge on any atom is 0.224 e. The molecule has 0 saturated carbocycles. The number of carbonyl (C=O) groups is 1. The second kappa shape index (κ2) is 8.50. The van der Waals surface area contributed by atoms with Gasteiger partial charge in [0.2, 0.25) is 5.91 Å². The topological polar surface area (TPSA) is 46.4 Å². The molecule has 0 aliphatic rings. The molecule has 1 amide bonds. The number of pyridine rings is 1. The van der Waals surface area contributed by atoms with E-state index in [0.29, 0.717) is 17.9 Å². The van der Waals surface area contributed by atoms with E-state index in [1.54, 1.807) is 0 Å². The lowest BCUT2D eigenvalue weighted by Gasteiger charge is -2.10. The van der Waals surface area contributed by atoms with E-state index in [2.05, 4.69) is 16.6 Å². The van der Waals surface area contributed by atoms with Gasteiger partial charge in [-0.05, 0) is 48.7 Å². The number of aromatic nitrogens is 2. The van der Waals surface area contributed by atoms with E-state index in [0.717, 1.165) is 40.3 Å². The molecule has 0 spiro atoms. The molecule has 0 atom stereocenters. The molecule has 2 aromatic carbocycles. The van der Waals surface area contributed by atoms with Crippen LogP contribution in [0.5, 0.6) is 0 Å². The molecule has 0 fully saturated rings. The number of carbonyl (C=O) groups excluding carboxylic acids is 1. The van der Waals surface area contributed by atoms with Gasteiger partial charge in [0.05, 0.1) is 11.4 Å². The van der Waals surface area contributed by atoms with E-state index in [4.69, 9.17) is 16.6 Å². The van der Waals surface area contributed by atoms with Gasteiger partial charge in [-0.15, -0.1) is 0 Å². The van der Waals surface area contributed by atoms with Gasteiger partial charge in [0.1, 0.15) is 5.65 Å². The van der Waals surface area contributed by atoms with Crippen molar-refractivity contribution in [1.82, 2.24) is 9.38 Å². The predicted molar refractivity (Wildman–Crippen MR) is 118 cm³/mol. The molecule has 0 bridgehead atoms. The van der Waals surface area contributed by atoms with Gasteiger partial charge < -0.3 is 9.72 Å². The first-order valence-electron chi connectivity index (χ1n) is 9.75. The Morgan fingerprint density at radius 3 is 2.59 bits per heavy atom. The van der Waals surface area contributed by atoms with Crippen LogP contribution in [0.2, 0.25) is 5.02 Å². The molecular weight excluding hydrogens is 382 g/mol. The Kier molecular flexibility index (Phi) is 5.63. The van der Waals surface area contributed by atoms with Crippen LogP contribution in [0, 0.1) is 0 Å². The SMILES string of the molecule is CCc1ccccc1NC(=O)CCc1c(-c2ccc(Cl)cc2)nc2ccccn12. The average Bonchev–Trinajstić information content (AvgIpc) is 3.12. The second-order valence-corrected chi connectivity index (χ2v) is 7.34. The van der Waals surface area contributed by atoms with Crippen LogP contribution in [-0.2, 0) is 17.6 Å². The Morgan fingerprint density at radius 2 is 1.79 bits per heavy atom. The van der Waals surface area contributed by atoms with Crippen LogP contribution in [0.1, 0.15) is 24.6 Å². The molecule has 146 valence electrons. The van der Waals surface area contributed by atoms with Gasteiger partial charge >= 0.3 is 0 Å². The molecule has 4 nitrogen and oxygen atoms in total. The van der Waals surface area contributed by atoms with Crippen molar-refractivity contribution in [2.45, 2.75) is 26.2 Å². The van der Waals surface area contributed by atoms with E-state index in [1.807, 2.05) is 72.9 Å². The molecule has 0 unspecified atom stereocenters. The molecule has 0 aliphatic heterocycles. The minimum Gasteiger partial charge on any atom is -0.326 e. The maximum absolute atomic E-state index is 12.6. The lowest BCUT2D eigenvalue weighted by atomic mass is 10.1. The van der Waals surface area contributed by atoms with E-state index >= 15 is 0 Å². The smallest absolute Gasteiger partial charge is 0.224 e. The fourth-order valence-corrected chi connectivity index (χ4v) is 3.65. The van der Waals surface area contributed by atoms with Crippen molar-refractivity contribution in [3.63, 3.8) is 0 Å². The van der Waals surface area contributed by atoms with Crippen LogP contribution < -0.4 is 5.32 Å². The molecule has 4 aromatic rings. The van der Waals surface area contributed by atoms with Gasteiger partial charge in [0.15, 0.2) is 0 Å². The highest BCUT2D eigenvalue weighted by atomic mass is 35.5. The van der Waals surface area contributed by atoms with Crippen LogP contribution in [0.3, 0.4) is 0 Å². The van der Waals surface area contributed by atoms with E-state index in [-0.39, 0.29) is 5.91 Å². The Labute approximate surface area is 175 Å². The standard InChI is InChI=1S/C24H22ClN3O/c1-2-17-7-3-4-8-20(17)26-23(29)15-14-21-24(18-10-12-19(25)13-11-18)27-22-9-5-6-16-28(21)22/h3-13,16H,2,14-15H2,1H3,(H,26,29). The summed E-state index contributed by atoms with van der Waals surface area (Å²) in [7, 11) is 0. The van der Waals surface area contributed by atoms with Gasteiger partial charge in [-0.1, -0.05) is 54.9 Å². The van der Waals surface area contributed by atoms with Crippen molar-refractivity contribution in [1.29, 1.82) is 0 Å². The largest absolute Gasteiger partial charge is 0.326 e. The number of halogens is 1. The van der Waals surface area contributed by atoms with Crippen molar-refractivity contribution in [2.75, 3.05) is 5.32 Å². The van der Waals surface area contributed by atoms with Gasteiger partial charge in [-0.3, -0.25) is 4.79 Å². The monoisotopic (exact) mass is 403 g/mol. The maximum atomic E-state index is 12.6. The van der Waals surface area contributed by atoms with Gasteiger partial charge in [-0.25, -0.2) is 4.98 Å². The molecule has 5 heteroatoms. The van der Waals surface area contributed by atoms with E-state index in [9.17, 15) is 4.79 Å². The van der Waals surface area contributed by atoms with Crippen LogP contribution >= 0.6 is 11.6 Å². The summed E-state index contributed by atoms with van der Waals surface area (Å²) in [5.74, 6) is -0.00108. The number of amides is 1. The zero-order valence-electron chi connectivity index (χ0n) is 16.2. The molecule has 2 heterocycles. The first kappa shape index (κ1) is 19.2. The summed E-state index contributed by atoms with van der Waals surface area (Å²) < 4.78 is 2.05. The number of fused-ring (bicyclic) bond motifs is 1. The predicted octanol–water partition coefficient (Wildman–Crippen LogP) is 5.79. The van der Waals surface area contributed by atoms with Crippen LogP contribution in [0.4, 0.5) is 5.69 Å². The van der Waals surface area contributed by atoms with Crippen LogP contribution in [0.25, 0.3) is 16.9 Å². The fraction of sp³-hybridized carbons (Fsp3) is 0.167. The molecule has 0 aliphatic carbocycles. The van der Waals surface area contributed by atoms with Crippen LogP contribution in [0.15, 0.2) is 72.9 Å². The Balaban J connectivity index is 1.59. The van der Waals surface area contributed by atoms with Gasteiger partial charge in [0.25, 0.3) is 0 Å². The van der Waals surface area contributed by atoms with E-state index in [1.165, 1.54) is 0 Å². The Morgan fingerprint density at radius 1 is 1.03 bits per heavy atom. The number of imidazole rings is 1. The summed E-state index contributed by atoms with van der Waals surface area (Å²) in [6, 6.07) is 21.5. The number of benzene rings is 2. The highest BCUT2D eigenvalue weighted by Crippen LogP contribution is 2.27. The van der Waals surface area contributed by atoms with E-state index < -0.39 is 0 Å². The number of anilines is 1. The number of hydrogen-bond acceptors (Lipinski definition) is 2. The van der Waals surface area contributed by atoms with Crippen LogP contribution in [-0.4, -0.2) is 15.3 Å². The molecule has 0 radical (unpaired) electrons. The molecule has 29 heavy (non-hydrogen) atoms. The summed E-state index contributed by atoms with van der Waals surface area (Å²) in [6.07, 6.45) is 3.83. The molecule has 2 aromatic heterocycles. The number of para-hydroxylation sites is 1. The minimum atomic E-state index is -0.00108. The number of nitrogens with one attached hydrogen (secondary N) is 1. The van der Waals surface area contributed by atoms with Gasteiger partial charge in [-0.2, -0.15) is 0 Å². The summed E-state index contributed by atoms with van der Waals surface area (Å²) in [5.41, 5.74) is 5.78. The summed E-state index contributed by atoms with van der Waals surface area (Å²) in [4.78, 5) is 17.4. The Bertz CT molecular complexity index is 1150.